The molecule has 2 rings (SSSR count). The number of benzene rings is 1. The van der Waals surface area contributed by atoms with Crippen LogP contribution in [0.2, 0.25) is 0 Å². The molecule has 0 bridgehead atoms. The molecule has 0 aliphatic carbocycles. The van der Waals surface area contributed by atoms with Gasteiger partial charge in [-0.15, -0.1) is 0 Å². The Labute approximate surface area is 116 Å². The number of carbonyl (C=O) groups is 4. The molecule has 1 N–H and O–H groups in total. The molecule has 1 aromatic carbocycles. The molecule has 0 aromatic heterocycles. The smallest absolute Gasteiger partial charge is 0.305 e. The summed E-state index contributed by atoms with van der Waals surface area (Å²) in [6.07, 6.45) is 0.485. The van der Waals surface area contributed by atoms with E-state index in [-0.39, 0.29) is 36.4 Å². The number of fused-ring (bicyclic) bond motifs is 1. The third-order valence-electron chi connectivity index (χ3n) is 2.55. The van der Waals surface area contributed by atoms with E-state index < -0.39 is 0 Å². The molecule has 6 heteroatoms. The number of ketones is 1. The van der Waals surface area contributed by atoms with E-state index in [0.717, 1.165) is 0 Å². The summed E-state index contributed by atoms with van der Waals surface area (Å²) in [5, 5.41) is 2.20. The molecular weight excluding hydrogens is 262 g/mol. The molecule has 0 fully saturated rings. The molecule has 1 aliphatic rings. The Bertz CT molecular complexity index is 517. The Kier molecular flexibility index (Phi) is 5.58. The van der Waals surface area contributed by atoms with Crippen LogP contribution in [0.15, 0.2) is 24.3 Å². The highest BCUT2D eigenvalue weighted by atomic mass is 16.5. The third kappa shape index (κ3) is 4.31. The second kappa shape index (κ2) is 7.18. The normalized spacial score (nSPS) is 11.9. The first-order chi connectivity index (χ1) is 9.45. The van der Waals surface area contributed by atoms with Crippen LogP contribution in [-0.2, 0) is 14.3 Å². The van der Waals surface area contributed by atoms with Gasteiger partial charge in [-0.05, 0) is 19.1 Å². The maximum atomic E-state index is 10.9. The summed E-state index contributed by atoms with van der Waals surface area (Å²) in [6, 6.07) is 6.74. The van der Waals surface area contributed by atoms with Gasteiger partial charge in [-0.2, -0.15) is 0 Å². The predicted molar refractivity (Wildman–Crippen MR) is 70.2 cm³/mol. The lowest BCUT2D eigenvalue weighted by Crippen LogP contribution is -2.19. The number of hydrogen-bond donors (Lipinski definition) is 1. The highest BCUT2D eigenvalue weighted by Gasteiger charge is 2.25. The van der Waals surface area contributed by atoms with Crippen molar-refractivity contribution in [2.24, 2.45) is 0 Å². The SMILES string of the molecule is COC(=O)CCC(C)=O.O=C1NC(=O)c2ccccc21. The molecule has 106 valence electrons. The topological polar surface area (TPSA) is 89.5 Å². The monoisotopic (exact) mass is 277 g/mol. The number of hydrogen-bond acceptors (Lipinski definition) is 5. The third-order valence-corrected chi connectivity index (χ3v) is 2.55. The number of rotatable bonds is 3. The summed E-state index contributed by atoms with van der Waals surface area (Å²) < 4.78 is 4.31. The van der Waals surface area contributed by atoms with Crippen LogP contribution in [0, 0.1) is 0 Å². The summed E-state index contributed by atoms with van der Waals surface area (Å²) in [5.41, 5.74) is 0.940. The van der Waals surface area contributed by atoms with Gasteiger partial charge >= 0.3 is 5.97 Å². The lowest BCUT2D eigenvalue weighted by molar-refractivity contribution is -0.141. The van der Waals surface area contributed by atoms with E-state index in [4.69, 9.17) is 0 Å². The maximum absolute atomic E-state index is 10.9. The quantitative estimate of drug-likeness (QED) is 0.660. The number of Topliss-reactive ketones (excluding diaryl/α,β-unsaturated/α-hetero) is 1. The molecule has 0 spiro atoms. The summed E-state index contributed by atoms with van der Waals surface area (Å²) in [4.78, 5) is 42.5. The first kappa shape index (κ1) is 15.6. The Morgan fingerprint density at radius 2 is 1.55 bits per heavy atom. The van der Waals surface area contributed by atoms with Gasteiger partial charge in [-0.1, -0.05) is 12.1 Å². The van der Waals surface area contributed by atoms with Crippen LogP contribution >= 0.6 is 0 Å². The fourth-order valence-electron chi connectivity index (χ4n) is 1.50. The van der Waals surface area contributed by atoms with Crippen LogP contribution in [0.4, 0.5) is 0 Å². The number of ether oxygens (including phenoxy) is 1. The molecule has 6 nitrogen and oxygen atoms in total. The lowest BCUT2D eigenvalue weighted by Gasteiger charge is -1.93. The van der Waals surface area contributed by atoms with E-state index >= 15 is 0 Å². The van der Waals surface area contributed by atoms with Crippen LogP contribution in [-0.4, -0.2) is 30.7 Å². The molecule has 0 saturated heterocycles. The fourth-order valence-corrected chi connectivity index (χ4v) is 1.50. The predicted octanol–water partition coefficient (Wildman–Crippen LogP) is 1.10. The molecular formula is C14H15NO5. The molecule has 2 amide bonds. The van der Waals surface area contributed by atoms with E-state index in [1.54, 1.807) is 24.3 Å². The largest absolute Gasteiger partial charge is 0.469 e. The van der Waals surface area contributed by atoms with Gasteiger partial charge in [-0.3, -0.25) is 19.7 Å². The van der Waals surface area contributed by atoms with Crippen molar-refractivity contribution in [3.05, 3.63) is 35.4 Å². The van der Waals surface area contributed by atoms with Crippen molar-refractivity contribution in [3.8, 4) is 0 Å². The van der Waals surface area contributed by atoms with E-state index in [0.29, 0.717) is 11.1 Å². The Morgan fingerprint density at radius 1 is 1.05 bits per heavy atom. The Hall–Kier alpha value is -2.50. The van der Waals surface area contributed by atoms with Crippen molar-refractivity contribution in [2.75, 3.05) is 7.11 Å². The zero-order valence-corrected chi connectivity index (χ0v) is 11.3. The maximum Gasteiger partial charge on any atom is 0.305 e. The van der Waals surface area contributed by atoms with E-state index in [1.165, 1.54) is 14.0 Å². The average Bonchev–Trinajstić information content (AvgIpc) is 2.73. The number of amides is 2. The van der Waals surface area contributed by atoms with Crippen molar-refractivity contribution >= 4 is 23.6 Å². The fraction of sp³-hybridized carbons (Fsp3) is 0.286. The van der Waals surface area contributed by atoms with Gasteiger partial charge < -0.3 is 9.53 Å². The number of esters is 1. The van der Waals surface area contributed by atoms with Crippen LogP contribution in [0.3, 0.4) is 0 Å². The standard InChI is InChI=1S/C8H5NO2.C6H10O3/c10-7-5-3-1-2-4-6(5)8(11)9-7;1-5(7)3-4-6(8)9-2/h1-4H,(H,9,10,11);3-4H2,1-2H3. The number of nitrogens with one attached hydrogen (secondary N) is 1. The zero-order chi connectivity index (χ0) is 15.1. The van der Waals surface area contributed by atoms with E-state index in [1.807, 2.05) is 0 Å². The Balaban J connectivity index is 0.000000206. The molecule has 0 atom stereocenters. The van der Waals surface area contributed by atoms with Crippen molar-refractivity contribution in [2.45, 2.75) is 19.8 Å². The second-order valence-corrected chi connectivity index (χ2v) is 4.11. The van der Waals surface area contributed by atoms with E-state index in [9.17, 15) is 19.2 Å². The summed E-state index contributed by atoms with van der Waals surface area (Å²) >= 11 is 0. The van der Waals surface area contributed by atoms with Gasteiger partial charge in [0.1, 0.15) is 5.78 Å². The van der Waals surface area contributed by atoms with Gasteiger partial charge in [-0.25, -0.2) is 0 Å². The van der Waals surface area contributed by atoms with Crippen molar-refractivity contribution in [1.29, 1.82) is 0 Å². The van der Waals surface area contributed by atoms with Crippen molar-refractivity contribution in [3.63, 3.8) is 0 Å². The number of carbonyl (C=O) groups excluding carboxylic acids is 4. The summed E-state index contributed by atoms with van der Waals surface area (Å²) in [6.45, 7) is 1.45. The minimum absolute atomic E-state index is 0.0143. The number of imide groups is 1. The highest BCUT2D eigenvalue weighted by Crippen LogP contribution is 2.13. The zero-order valence-electron chi connectivity index (χ0n) is 11.3. The first-order valence-corrected chi connectivity index (χ1v) is 5.96. The molecule has 0 radical (unpaired) electrons. The van der Waals surface area contributed by atoms with Gasteiger partial charge in [0.05, 0.1) is 24.7 Å². The summed E-state index contributed by atoms with van der Waals surface area (Å²) in [7, 11) is 1.31. The molecule has 0 unspecified atom stereocenters. The van der Waals surface area contributed by atoms with Crippen LogP contribution < -0.4 is 5.32 Å². The molecule has 1 aliphatic heterocycles. The first-order valence-electron chi connectivity index (χ1n) is 5.96. The van der Waals surface area contributed by atoms with Crippen LogP contribution in [0.5, 0.6) is 0 Å². The van der Waals surface area contributed by atoms with E-state index in [2.05, 4.69) is 10.1 Å². The molecule has 1 aromatic rings. The van der Waals surface area contributed by atoms with Gasteiger partial charge in [0.2, 0.25) is 0 Å². The minimum atomic E-state index is -0.329. The van der Waals surface area contributed by atoms with Gasteiger partial charge in [0, 0.05) is 6.42 Å². The van der Waals surface area contributed by atoms with Gasteiger partial charge in [0.25, 0.3) is 11.8 Å². The van der Waals surface area contributed by atoms with Crippen LogP contribution in [0.1, 0.15) is 40.5 Å². The minimum Gasteiger partial charge on any atom is -0.469 e. The molecule has 0 saturated carbocycles. The van der Waals surface area contributed by atoms with Crippen molar-refractivity contribution < 1.29 is 23.9 Å². The number of methoxy groups -OCH3 is 1. The Morgan fingerprint density at radius 3 is 1.95 bits per heavy atom. The molecule has 1 heterocycles. The van der Waals surface area contributed by atoms with Gasteiger partial charge in [0.15, 0.2) is 0 Å². The summed E-state index contributed by atoms with van der Waals surface area (Å²) in [5.74, 6) is -0.915. The average molecular weight is 277 g/mol. The van der Waals surface area contributed by atoms with Crippen molar-refractivity contribution in [1.82, 2.24) is 5.32 Å². The second-order valence-electron chi connectivity index (χ2n) is 4.11. The van der Waals surface area contributed by atoms with Crippen LogP contribution in [0.25, 0.3) is 0 Å². The lowest BCUT2D eigenvalue weighted by atomic mass is 10.1. The molecule has 20 heavy (non-hydrogen) atoms. The highest BCUT2D eigenvalue weighted by molar-refractivity contribution is 6.21.